The second kappa shape index (κ2) is 11.2. The normalized spacial score (nSPS) is 14.7. The standard InChI is InChI=1S/C25H17Br2ClFNO4S/c1-33-21-9-15(8-19(27)23(21)34-13-14-2-5-17(26)6-3-14)10-22-24(31)30(25(32)35-22)12-16-4-7-18(29)11-20(16)28/h2-11H,12-13H2,1H3/b22-10+. The van der Waals surface area contributed by atoms with E-state index < -0.39 is 17.0 Å². The van der Waals surface area contributed by atoms with Gasteiger partial charge in [0.05, 0.1) is 23.0 Å². The Morgan fingerprint density at radius 2 is 1.83 bits per heavy atom. The molecule has 5 nitrogen and oxygen atoms in total. The molecule has 1 aliphatic heterocycles. The van der Waals surface area contributed by atoms with Crippen molar-refractivity contribution in [2.75, 3.05) is 7.11 Å². The van der Waals surface area contributed by atoms with E-state index in [1.807, 2.05) is 24.3 Å². The topological polar surface area (TPSA) is 55.8 Å². The molecule has 35 heavy (non-hydrogen) atoms. The van der Waals surface area contributed by atoms with Crippen LogP contribution in [0.4, 0.5) is 9.18 Å². The smallest absolute Gasteiger partial charge is 0.293 e. The minimum atomic E-state index is -0.489. The lowest BCUT2D eigenvalue weighted by molar-refractivity contribution is -0.123. The highest BCUT2D eigenvalue weighted by Crippen LogP contribution is 2.40. The third-order valence-electron chi connectivity index (χ3n) is 5.06. The predicted molar refractivity (Wildman–Crippen MR) is 142 cm³/mol. The van der Waals surface area contributed by atoms with Crippen LogP contribution < -0.4 is 9.47 Å². The van der Waals surface area contributed by atoms with Gasteiger partial charge < -0.3 is 9.47 Å². The third kappa shape index (κ3) is 6.09. The van der Waals surface area contributed by atoms with Gasteiger partial charge in [0, 0.05) is 9.50 Å². The van der Waals surface area contributed by atoms with Crippen molar-refractivity contribution in [1.29, 1.82) is 0 Å². The van der Waals surface area contributed by atoms with Crippen LogP contribution in [0.5, 0.6) is 11.5 Å². The fourth-order valence-electron chi connectivity index (χ4n) is 3.31. The number of rotatable bonds is 7. The quantitative estimate of drug-likeness (QED) is 0.246. The maximum atomic E-state index is 13.3. The Kier molecular flexibility index (Phi) is 8.21. The lowest BCUT2D eigenvalue weighted by Gasteiger charge is -2.14. The van der Waals surface area contributed by atoms with Crippen molar-refractivity contribution in [1.82, 2.24) is 4.90 Å². The van der Waals surface area contributed by atoms with Crippen LogP contribution in [0.2, 0.25) is 5.02 Å². The van der Waals surface area contributed by atoms with E-state index in [0.29, 0.717) is 33.7 Å². The lowest BCUT2D eigenvalue weighted by Crippen LogP contribution is -2.27. The molecule has 2 amide bonds. The van der Waals surface area contributed by atoms with Gasteiger partial charge in [0.25, 0.3) is 11.1 Å². The molecule has 4 rings (SSSR count). The largest absolute Gasteiger partial charge is 0.493 e. The SMILES string of the molecule is COc1cc(/C=C2/SC(=O)N(Cc3ccc(F)cc3Cl)C2=O)cc(Br)c1OCc1ccc(Br)cc1. The monoisotopic (exact) mass is 639 g/mol. The van der Waals surface area contributed by atoms with E-state index >= 15 is 0 Å². The van der Waals surface area contributed by atoms with Gasteiger partial charge in [-0.05, 0) is 86.9 Å². The fraction of sp³-hybridized carbons (Fsp3) is 0.120. The summed E-state index contributed by atoms with van der Waals surface area (Å²) in [6.45, 7) is 0.295. The van der Waals surface area contributed by atoms with Crippen LogP contribution in [0, 0.1) is 5.82 Å². The predicted octanol–water partition coefficient (Wildman–Crippen LogP) is 7.83. The van der Waals surface area contributed by atoms with Crippen LogP contribution in [0.1, 0.15) is 16.7 Å². The summed E-state index contributed by atoms with van der Waals surface area (Å²) in [5.41, 5.74) is 2.12. The number of ether oxygens (including phenoxy) is 2. The molecule has 0 aliphatic carbocycles. The van der Waals surface area contributed by atoms with Gasteiger partial charge in [-0.1, -0.05) is 45.7 Å². The van der Waals surface area contributed by atoms with E-state index in [4.69, 9.17) is 21.1 Å². The first-order valence-corrected chi connectivity index (χ1v) is 13.0. The zero-order valence-corrected chi connectivity index (χ0v) is 22.9. The highest BCUT2D eigenvalue weighted by Gasteiger charge is 2.35. The second-order valence-electron chi connectivity index (χ2n) is 7.45. The van der Waals surface area contributed by atoms with Gasteiger partial charge in [-0.25, -0.2) is 4.39 Å². The minimum Gasteiger partial charge on any atom is -0.493 e. The Morgan fingerprint density at radius 1 is 1.09 bits per heavy atom. The van der Waals surface area contributed by atoms with Gasteiger partial charge >= 0.3 is 0 Å². The Hall–Kier alpha value is -2.33. The maximum absolute atomic E-state index is 13.3. The molecule has 0 atom stereocenters. The molecule has 10 heteroatoms. The van der Waals surface area contributed by atoms with Crippen molar-refractivity contribution in [3.8, 4) is 11.5 Å². The number of thioether (sulfide) groups is 1. The van der Waals surface area contributed by atoms with Gasteiger partial charge in [-0.15, -0.1) is 0 Å². The first-order chi connectivity index (χ1) is 16.7. The summed E-state index contributed by atoms with van der Waals surface area (Å²) in [5.74, 6) is 0.0503. The lowest BCUT2D eigenvalue weighted by atomic mass is 10.1. The second-order valence-corrected chi connectivity index (χ2v) is 10.6. The average molecular weight is 642 g/mol. The van der Waals surface area contributed by atoms with Gasteiger partial charge in [0.1, 0.15) is 12.4 Å². The highest BCUT2D eigenvalue weighted by atomic mass is 79.9. The van der Waals surface area contributed by atoms with E-state index in [0.717, 1.165) is 32.8 Å². The number of hydrogen-bond acceptors (Lipinski definition) is 5. The molecule has 1 aliphatic rings. The zero-order valence-electron chi connectivity index (χ0n) is 18.2. The number of methoxy groups -OCH3 is 1. The van der Waals surface area contributed by atoms with E-state index in [9.17, 15) is 14.0 Å². The number of hydrogen-bond donors (Lipinski definition) is 0. The van der Waals surface area contributed by atoms with Crippen LogP contribution in [0.25, 0.3) is 6.08 Å². The number of imide groups is 1. The molecular formula is C25H17Br2ClFNO4S. The molecule has 0 N–H and O–H groups in total. The molecule has 0 saturated carbocycles. The van der Waals surface area contributed by atoms with E-state index in [1.54, 1.807) is 18.2 Å². The van der Waals surface area contributed by atoms with E-state index in [1.165, 1.54) is 19.2 Å². The van der Waals surface area contributed by atoms with E-state index in [-0.39, 0.29) is 16.5 Å². The van der Waals surface area contributed by atoms with Crippen molar-refractivity contribution < 1.29 is 23.5 Å². The maximum Gasteiger partial charge on any atom is 0.293 e. The Balaban J connectivity index is 1.53. The molecule has 1 saturated heterocycles. The number of carbonyl (C=O) groups is 2. The average Bonchev–Trinajstić information content (AvgIpc) is 3.08. The summed E-state index contributed by atoms with van der Waals surface area (Å²) in [6.07, 6.45) is 1.61. The van der Waals surface area contributed by atoms with Crippen molar-refractivity contribution in [3.05, 3.63) is 96.0 Å². The number of benzene rings is 3. The number of nitrogens with zero attached hydrogens (tertiary/aromatic N) is 1. The molecular weight excluding hydrogens is 625 g/mol. The summed E-state index contributed by atoms with van der Waals surface area (Å²) in [5, 5.41) is -0.275. The third-order valence-corrected chi connectivity index (χ3v) is 7.44. The van der Waals surface area contributed by atoms with E-state index in [2.05, 4.69) is 31.9 Å². The molecule has 0 unspecified atom stereocenters. The molecule has 0 aromatic heterocycles. The van der Waals surface area contributed by atoms with Gasteiger partial charge in [0.2, 0.25) is 0 Å². The van der Waals surface area contributed by atoms with Gasteiger partial charge in [0.15, 0.2) is 11.5 Å². The van der Waals surface area contributed by atoms with Crippen molar-refractivity contribution in [2.45, 2.75) is 13.2 Å². The van der Waals surface area contributed by atoms with Gasteiger partial charge in [-0.3, -0.25) is 14.5 Å². The Bertz CT molecular complexity index is 1330. The summed E-state index contributed by atoms with van der Waals surface area (Å²) in [4.78, 5) is 26.8. The van der Waals surface area contributed by atoms with Crippen LogP contribution in [-0.2, 0) is 17.9 Å². The molecule has 1 fully saturated rings. The molecule has 3 aromatic rings. The molecule has 0 spiro atoms. The number of carbonyl (C=O) groups excluding carboxylic acids is 2. The summed E-state index contributed by atoms with van der Waals surface area (Å²) >= 11 is 13.8. The molecule has 1 heterocycles. The number of amides is 2. The Morgan fingerprint density at radius 3 is 2.51 bits per heavy atom. The minimum absolute atomic E-state index is 0.0447. The van der Waals surface area contributed by atoms with Crippen LogP contribution in [0.15, 0.2) is 68.4 Å². The summed E-state index contributed by atoms with van der Waals surface area (Å²) < 4.78 is 26.4. The van der Waals surface area contributed by atoms with Crippen molar-refractivity contribution in [3.63, 3.8) is 0 Å². The molecule has 180 valence electrons. The zero-order chi connectivity index (χ0) is 25.1. The van der Waals surface area contributed by atoms with Crippen molar-refractivity contribution in [2.24, 2.45) is 0 Å². The summed E-state index contributed by atoms with van der Waals surface area (Å²) in [6, 6.07) is 15.1. The van der Waals surface area contributed by atoms with Crippen LogP contribution in [0.3, 0.4) is 0 Å². The Labute approximate surface area is 227 Å². The van der Waals surface area contributed by atoms with Crippen molar-refractivity contribution >= 4 is 72.4 Å². The molecule has 0 bridgehead atoms. The molecule has 0 radical (unpaired) electrons. The summed E-state index contributed by atoms with van der Waals surface area (Å²) in [7, 11) is 1.53. The van der Waals surface area contributed by atoms with Crippen LogP contribution >= 0.6 is 55.2 Å². The number of halogens is 4. The fourth-order valence-corrected chi connectivity index (χ4v) is 5.21. The first-order valence-electron chi connectivity index (χ1n) is 10.2. The first kappa shape index (κ1) is 25.8. The van der Waals surface area contributed by atoms with Crippen LogP contribution in [-0.4, -0.2) is 23.2 Å². The molecule has 3 aromatic carbocycles. The highest BCUT2D eigenvalue weighted by molar-refractivity contribution is 9.10. The van der Waals surface area contributed by atoms with Gasteiger partial charge in [-0.2, -0.15) is 0 Å².